The van der Waals surface area contributed by atoms with Crippen LogP contribution < -0.4 is 0 Å². The molecule has 3 heteroatoms. The summed E-state index contributed by atoms with van der Waals surface area (Å²) in [5.74, 6) is 0. The van der Waals surface area contributed by atoms with Crippen molar-refractivity contribution < 1.29 is 2.70 Å². The van der Waals surface area contributed by atoms with Crippen LogP contribution in [0.15, 0.2) is 25.2 Å². The smallest absolute Gasteiger partial charge is 0.261 e. The van der Waals surface area contributed by atoms with Crippen LogP contribution in [-0.2, 0) is 0 Å². The Hall–Kier alpha value is -0.0300. The van der Waals surface area contributed by atoms with Gasteiger partial charge in [-0.3, -0.25) is 0 Å². The lowest BCUT2D eigenvalue weighted by Gasteiger charge is -2.20. The van der Waals surface area contributed by atoms with Gasteiger partial charge in [-0.15, -0.1) is 0 Å². The molecule has 1 heterocycles. The first kappa shape index (κ1) is 14.0. The van der Waals surface area contributed by atoms with Crippen LogP contribution >= 0.6 is 22.9 Å². The van der Waals surface area contributed by atoms with E-state index in [4.69, 9.17) is 0 Å². The van der Waals surface area contributed by atoms with Crippen LogP contribution in [0.4, 0.5) is 0 Å². The predicted molar refractivity (Wildman–Crippen MR) is 78.6 cm³/mol. The van der Waals surface area contributed by atoms with Crippen molar-refractivity contribution >= 4 is 22.9 Å². The number of hydrogen-bond acceptors (Lipinski definition) is 1. The Morgan fingerprint density at radius 3 is 2.62 bits per heavy atom. The maximum Gasteiger partial charge on any atom is 0.261 e. The lowest BCUT2D eigenvalue weighted by Crippen LogP contribution is -2.30. The fourth-order valence-corrected chi connectivity index (χ4v) is 2.47. The number of nitrogens with zero attached hydrogens (tertiary/aromatic N) is 2. The normalized spacial score (nSPS) is 24.0. The zero-order chi connectivity index (χ0) is 11.9. The number of hydrogen-bond donors (Lipinski definition) is 0. The highest BCUT2D eigenvalue weighted by Gasteiger charge is 2.26. The molecule has 2 nitrogen and oxygen atoms in total. The van der Waals surface area contributed by atoms with Crippen LogP contribution in [-0.4, -0.2) is 20.8 Å². The van der Waals surface area contributed by atoms with Crippen LogP contribution in [0.1, 0.15) is 45.4 Å². The Kier molecular flexibility index (Phi) is 6.43. The quantitative estimate of drug-likeness (QED) is 0.361. The molecule has 0 saturated heterocycles. The summed E-state index contributed by atoms with van der Waals surface area (Å²) in [4.78, 5) is 2.40. The first-order chi connectivity index (χ1) is 7.70. The molecule has 0 amide bonds. The third-order valence-electron chi connectivity index (χ3n) is 3.03. The van der Waals surface area contributed by atoms with E-state index < -0.39 is 0 Å². The summed E-state index contributed by atoms with van der Waals surface area (Å²) in [6.45, 7) is 8.37. The van der Waals surface area contributed by atoms with E-state index in [1.54, 1.807) is 0 Å². The molecule has 0 aliphatic carbocycles. The zero-order valence-corrected chi connectivity index (χ0v) is 12.5. The molecule has 0 bridgehead atoms. The second kappa shape index (κ2) is 7.33. The van der Waals surface area contributed by atoms with Crippen molar-refractivity contribution in [1.82, 2.24) is 4.90 Å². The predicted octanol–water partition coefficient (Wildman–Crippen LogP) is 4.40. The average Bonchev–Trinajstić information content (AvgIpc) is 2.66. The molecule has 1 atom stereocenters. The summed E-state index contributed by atoms with van der Waals surface area (Å²) in [5.41, 5.74) is 0. The fraction of sp³-hybridized carbons (Fsp3) is 0.692. The number of rotatable bonds is 8. The monoisotopic (exact) mass is 335 g/mol. The number of halogens is 1. The summed E-state index contributed by atoms with van der Waals surface area (Å²) in [7, 11) is 0. The second-order valence-corrected chi connectivity index (χ2v) is 6.33. The van der Waals surface area contributed by atoms with Gasteiger partial charge in [-0.05, 0) is 13.0 Å². The number of unbranched alkanes of at least 4 members (excludes halogenated alkanes) is 5. The molecule has 0 saturated carbocycles. The lowest BCUT2D eigenvalue weighted by molar-refractivity contribution is -0.638. The van der Waals surface area contributed by atoms with Crippen molar-refractivity contribution in [1.29, 1.82) is 0 Å². The highest BCUT2D eigenvalue weighted by Crippen LogP contribution is 2.25. The largest absolute Gasteiger partial charge is 0.325 e. The molecule has 1 rings (SSSR count). The standard InChI is InChI=1S/C13H24IN2/c1-3-5-6-7-8-9-10-15-11-12-16(14,4-2)13-15/h4,11-12H,2-3,5-10,13H2,1H3/q+1. The van der Waals surface area contributed by atoms with Crippen LogP contribution in [0.5, 0.6) is 0 Å². The van der Waals surface area contributed by atoms with Crippen LogP contribution in [0.3, 0.4) is 0 Å². The topological polar surface area (TPSA) is 3.24 Å². The second-order valence-electron chi connectivity index (χ2n) is 4.53. The first-order valence-corrected chi connectivity index (χ1v) is 7.31. The van der Waals surface area contributed by atoms with E-state index in [1.165, 1.54) is 45.1 Å². The van der Waals surface area contributed by atoms with E-state index in [1.807, 2.05) is 6.20 Å². The molecule has 0 aromatic rings. The third-order valence-corrected chi connectivity index (χ3v) is 4.05. The highest BCUT2D eigenvalue weighted by molar-refractivity contribution is 14.1. The zero-order valence-electron chi connectivity index (χ0n) is 10.4. The van der Waals surface area contributed by atoms with Crippen molar-refractivity contribution in [2.45, 2.75) is 45.4 Å². The molecule has 0 aromatic carbocycles. The van der Waals surface area contributed by atoms with Crippen molar-refractivity contribution in [3.8, 4) is 0 Å². The Labute approximate surface area is 114 Å². The molecule has 0 N–H and O–H groups in total. The van der Waals surface area contributed by atoms with Gasteiger partial charge in [-0.2, -0.15) is 2.70 Å². The summed E-state index contributed by atoms with van der Waals surface area (Å²) in [5, 5.41) is 0. The Morgan fingerprint density at radius 2 is 2.00 bits per heavy atom. The van der Waals surface area contributed by atoms with E-state index in [9.17, 15) is 0 Å². The molecule has 0 aromatic heterocycles. The van der Waals surface area contributed by atoms with Gasteiger partial charge < -0.3 is 4.90 Å². The minimum atomic E-state index is 0.813. The minimum Gasteiger partial charge on any atom is -0.325 e. The maximum atomic E-state index is 3.87. The van der Waals surface area contributed by atoms with Gasteiger partial charge in [-0.1, -0.05) is 39.0 Å². The highest BCUT2D eigenvalue weighted by atomic mass is 127. The van der Waals surface area contributed by atoms with Gasteiger partial charge in [0.15, 0.2) is 6.67 Å². The van der Waals surface area contributed by atoms with Gasteiger partial charge in [0.25, 0.3) is 22.9 Å². The third kappa shape index (κ3) is 4.87. The molecule has 92 valence electrons. The van der Waals surface area contributed by atoms with Crippen LogP contribution in [0.2, 0.25) is 0 Å². The van der Waals surface area contributed by atoms with Crippen molar-refractivity contribution in [3.05, 3.63) is 25.2 Å². The van der Waals surface area contributed by atoms with Crippen molar-refractivity contribution in [3.63, 3.8) is 0 Å². The Bertz CT molecular complexity index is 240. The molecular weight excluding hydrogens is 311 g/mol. The fourth-order valence-electron chi connectivity index (χ4n) is 1.94. The minimum absolute atomic E-state index is 0.813. The Morgan fingerprint density at radius 1 is 1.31 bits per heavy atom. The van der Waals surface area contributed by atoms with Crippen LogP contribution in [0.25, 0.3) is 0 Å². The molecule has 0 radical (unpaired) electrons. The van der Waals surface area contributed by atoms with Gasteiger partial charge in [0, 0.05) is 6.54 Å². The Balaban J connectivity index is 2.03. The molecule has 0 fully saturated rings. The molecule has 1 unspecified atom stereocenters. The van der Waals surface area contributed by atoms with Gasteiger partial charge in [0.1, 0.15) is 12.4 Å². The van der Waals surface area contributed by atoms with Crippen LogP contribution in [0, 0.1) is 0 Å². The molecule has 1 aliphatic rings. The summed E-state index contributed by atoms with van der Waals surface area (Å²) < 4.78 is 0.813. The van der Waals surface area contributed by atoms with E-state index in [0.717, 1.165) is 9.37 Å². The maximum absolute atomic E-state index is 3.87. The number of quaternary nitrogens is 1. The molecule has 16 heavy (non-hydrogen) atoms. The van der Waals surface area contributed by atoms with Gasteiger partial charge in [-0.25, -0.2) is 0 Å². The summed E-state index contributed by atoms with van der Waals surface area (Å²) in [6, 6.07) is 0. The average molecular weight is 335 g/mol. The van der Waals surface area contributed by atoms with Crippen molar-refractivity contribution in [2.75, 3.05) is 13.2 Å². The summed E-state index contributed by atoms with van der Waals surface area (Å²) >= 11 is 2.41. The first-order valence-electron chi connectivity index (χ1n) is 6.34. The molecule has 0 spiro atoms. The van der Waals surface area contributed by atoms with E-state index in [-0.39, 0.29) is 0 Å². The summed E-state index contributed by atoms with van der Waals surface area (Å²) in [6.07, 6.45) is 14.6. The molecule has 1 aliphatic heterocycles. The van der Waals surface area contributed by atoms with Gasteiger partial charge in [0.05, 0.1) is 6.20 Å². The van der Waals surface area contributed by atoms with E-state index >= 15 is 0 Å². The molecular formula is C13H24IN2+. The lowest BCUT2D eigenvalue weighted by atomic mass is 10.1. The van der Waals surface area contributed by atoms with Gasteiger partial charge in [0.2, 0.25) is 0 Å². The van der Waals surface area contributed by atoms with Gasteiger partial charge >= 0.3 is 0 Å². The van der Waals surface area contributed by atoms with Crippen molar-refractivity contribution in [2.24, 2.45) is 0 Å². The SMILES string of the molecule is C=C[N+]1(I)C=CN(CCCCCCCC)C1. The van der Waals surface area contributed by atoms with E-state index in [0.29, 0.717) is 0 Å². The van der Waals surface area contributed by atoms with E-state index in [2.05, 4.69) is 53.7 Å².